The molecule has 0 amide bonds. The molecule has 3 N–H and O–H groups in total. The fraction of sp³-hybridized carbons (Fsp3) is 0.429. The Bertz CT molecular complexity index is 3250. The van der Waals surface area contributed by atoms with Crippen molar-refractivity contribution in [1.29, 1.82) is 0 Å². The maximum absolute atomic E-state index is 5.72. The Kier molecular flexibility index (Phi) is 24.7. The van der Waals surface area contributed by atoms with Crippen molar-refractivity contribution >= 4 is 23.1 Å². The van der Waals surface area contributed by atoms with E-state index in [2.05, 4.69) is 222 Å². The highest BCUT2D eigenvalue weighted by molar-refractivity contribution is 5.70. The van der Waals surface area contributed by atoms with Gasteiger partial charge in [-0.1, -0.05) is 170 Å². The average molecular weight is 1210 g/mol. The van der Waals surface area contributed by atoms with Crippen LogP contribution in [0.25, 0.3) is 6.08 Å². The number of rotatable bonds is 7. The van der Waals surface area contributed by atoms with Crippen molar-refractivity contribution in [2.75, 3.05) is 82.2 Å². The van der Waals surface area contributed by atoms with Crippen molar-refractivity contribution < 1.29 is 42.6 Å². The third kappa shape index (κ3) is 19.0. The molecule has 0 saturated carbocycles. The number of para-hydroxylation sites is 2. The van der Waals surface area contributed by atoms with Crippen molar-refractivity contribution in [2.24, 2.45) is 0 Å². The Morgan fingerprint density at radius 1 is 0.326 bits per heavy atom. The number of benzene rings is 7. The van der Waals surface area contributed by atoms with Crippen molar-refractivity contribution in [3.05, 3.63) is 184 Å². The zero-order valence-corrected chi connectivity index (χ0v) is 55.5. The summed E-state index contributed by atoms with van der Waals surface area (Å²) in [5, 5.41) is 9.98. The molecule has 0 spiro atoms. The van der Waals surface area contributed by atoms with E-state index in [0.717, 1.165) is 109 Å². The topological polar surface area (TPSA) is 119 Å². The summed E-state index contributed by atoms with van der Waals surface area (Å²) < 4.78 is 48.8. The van der Waals surface area contributed by atoms with Gasteiger partial charge in [-0.2, -0.15) is 0 Å². The maximum Gasteiger partial charge on any atom is 0.231 e. The first-order chi connectivity index (χ1) is 42.9. The largest absolute Gasteiger partial charge is 0.493 e. The van der Waals surface area contributed by atoms with Crippen LogP contribution >= 0.6 is 0 Å². The van der Waals surface area contributed by atoms with Gasteiger partial charge in [0.15, 0.2) is 34.5 Å². The molecule has 7 heterocycles. The Hall–Kier alpha value is -8.12. The molecule has 0 aliphatic carbocycles. The Balaban J connectivity index is 0.000000134. The molecule has 0 radical (unpaired) electrons. The third-order valence-electron chi connectivity index (χ3n) is 16.1. The van der Waals surface area contributed by atoms with Crippen molar-refractivity contribution in [1.82, 2.24) is 0 Å². The average Bonchev–Trinajstić information content (AvgIpc) is 4.00. The number of nitrogens with one attached hydrogen (secondary N) is 3. The summed E-state index contributed by atoms with van der Waals surface area (Å²) in [4.78, 5) is 0. The number of fused-ring (bicyclic) bond motifs is 7. The summed E-state index contributed by atoms with van der Waals surface area (Å²) in [5.74, 6) is 12.3. The molecule has 476 valence electrons. The van der Waals surface area contributed by atoms with Crippen molar-refractivity contribution in [3.63, 3.8) is 0 Å². The smallest absolute Gasteiger partial charge is 0.231 e. The zero-order chi connectivity index (χ0) is 63.4. The van der Waals surface area contributed by atoms with Crippen LogP contribution in [0.5, 0.6) is 51.7 Å². The monoisotopic (exact) mass is 1210 g/mol. The number of hydrogen-bond acceptors (Lipinski definition) is 12. The SMILES string of the molecule is CC(C)c1ccc2c(c1)C=CCN2.CC(C)c1ccc2c(c1)NCCO2.CC(C)c1ccc2c(c1)OCCN2.CC(C)c1ccc2c(c1)OCCO2.CC(C)c1ccc2c(c1)OCO2.CC(C)c1cccc2c1OCCC2.CC(C)c1cccc2c1OCO2. The standard InChI is InChI=1S/C12H15N.C12H16O.2C11H15NO.C11H14O2.2C10H12O2/c1-9(2)10-5-6-12-11(8-10)4-3-7-13-12;1-9(2)11-7-3-5-10-6-4-8-13-12(10)11;1-8(2)9-3-4-11-10(7-9)12-5-6-13-11;2*1-8(2)9-3-4-10-11(7-9)13-6-5-12-10;1-7(2)8-3-4-9-10(5-8)12-6-11-9;1-7(2)8-4-3-5-9-10(8)12-6-11-9/h3-6,8-9,13H,7H2,1-2H3;3,5,7,9H,4,6,8H2,1-2H3;2*3-4,7-8,12H,5-6H2,1-2H3;3-4,7-8H,5-6H2,1-2H3;2*3-5,7H,6H2,1-2H3. The molecule has 0 atom stereocenters. The van der Waals surface area contributed by atoms with Gasteiger partial charge in [-0.25, -0.2) is 0 Å². The number of ether oxygens (including phenoxy) is 9. The number of aryl methyl sites for hydroxylation is 1. The minimum Gasteiger partial charge on any atom is -0.493 e. The Morgan fingerprint density at radius 3 is 1.44 bits per heavy atom. The van der Waals surface area contributed by atoms with E-state index in [0.29, 0.717) is 68.2 Å². The summed E-state index contributed by atoms with van der Waals surface area (Å²) in [6, 6.07) is 44.2. The van der Waals surface area contributed by atoms with Gasteiger partial charge in [-0.05, 0) is 166 Å². The van der Waals surface area contributed by atoms with Crippen molar-refractivity contribution in [3.8, 4) is 51.7 Å². The second kappa shape index (κ2) is 32.9. The molecule has 89 heavy (non-hydrogen) atoms. The lowest BCUT2D eigenvalue weighted by atomic mass is 9.96. The molecule has 0 bridgehead atoms. The van der Waals surface area contributed by atoms with E-state index in [1.807, 2.05) is 30.3 Å². The predicted molar refractivity (Wildman–Crippen MR) is 366 cm³/mol. The molecular formula is C77H99N3O9. The molecule has 12 heteroatoms. The van der Waals surface area contributed by atoms with Crippen LogP contribution in [0.1, 0.15) is 195 Å². The van der Waals surface area contributed by atoms with Crippen LogP contribution in [0.2, 0.25) is 0 Å². The minimum atomic E-state index is 0.358. The van der Waals surface area contributed by atoms with Gasteiger partial charge in [0.1, 0.15) is 43.7 Å². The molecule has 7 aliphatic rings. The van der Waals surface area contributed by atoms with E-state index in [1.165, 1.54) is 62.2 Å². The number of hydrogen-bond donors (Lipinski definition) is 3. The molecule has 0 saturated heterocycles. The summed E-state index contributed by atoms with van der Waals surface area (Å²) in [5.41, 5.74) is 15.5. The fourth-order valence-electron chi connectivity index (χ4n) is 10.6. The molecule has 7 aromatic carbocycles. The highest BCUT2D eigenvalue weighted by Crippen LogP contribution is 2.40. The lowest BCUT2D eigenvalue weighted by Gasteiger charge is -2.21. The maximum atomic E-state index is 5.72. The fourth-order valence-corrected chi connectivity index (χ4v) is 10.6. The molecule has 0 aromatic heterocycles. The molecule has 7 aliphatic heterocycles. The summed E-state index contributed by atoms with van der Waals surface area (Å²) in [7, 11) is 0. The predicted octanol–water partition coefficient (Wildman–Crippen LogP) is 19.3. The third-order valence-corrected chi connectivity index (χ3v) is 16.1. The van der Waals surface area contributed by atoms with Gasteiger partial charge < -0.3 is 58.6 Å². The second-order valence-electron chi connectivity index (χ2n) is 25.2. The first-order valence-electron chi connectivity index (χ1n) is 32.4. The second-order valence-corrected chi connectivity index (χ2v) is 25.2. The Labute approximate surface area is 532 Å². The molecular weight excluding hydrogens is 1110 g/mol. The molecule has 0 unspecified atom stereocenters. The first kappa shape index (κ1) is 66.8. The summed E-state index contributed by atoms with van der Waals surface area (Å²) in [6.45, 7) is 37.9. The van der Waals surface area contributed by atoms with Gasteiger partial charge in [-0.15, -0.1) is 0 Å². The van der Waals surface area contributed by atoms with Gasteiger partial charge in [0.25, 0.3) is 0 Å². The zero-order valence-electron chi connectivity index (χ0n) is 55.5. The van der Waals surface area contributed by atoms with Crippen LogP contribution in [-0.2, 0) is 6.42 Å². The van der Waals surface area contributed by atoms with Crippen LogP contribution in [0.4, 0.5) is 17.1 Å². The highest BCUT2D eigenvalue weighted by Gasteiger charge is 2.20. The van der Waals surface area contributed by atoms with E-state index in [9.17, 15) is 0 Å². The van der Waals surface area contributed by atoms with E-state index in [1.54, 1.807) is 0 Å². The van der Waals surface area contributed by atoms with Crippen molar-refractivity contribution in [2.45, 2.75) is 151 Å². The van der Waals surface area contributed by atoms with E-state index >= 15 is 0 Å². The highest BCUT2D eigenvalue weighted by atomic mass is 16.7. The van der Waals surface area contributed by atoms with E-state index in [4.69, 9.17) is 42.6 Å². The molecule has 12 nitrogen and oxygen atoms in total. The van der Waals surface area contributed by atoms with Gasteiger partial charge in [-0.3, -0.25) is 0 Å². The number of anilines is 3. The summed E-state index contributed by atoms with van der Waals surface area (Å²) in [6.07, 6.45) is 6.69. The normalized spacial score (nSPS) is 14.5. The minimum absolute atomic E-state index is 0.358. The molecule has 0 fully saturated rings. The lowest BCUT2D eigenvalue weighted by molar-refractivity contribution is 0.171. The van der Waals surface area contributed by atoms with Gasteiger partial charge >= 0.3 is 0 Å². The van der Waals surface area contributed by atoms with Crippen LogP contribution in [0.3, 0.4) is 0 Å². The molecule has 14 rings (SSSR count). The lowest BCUT2D eigenvalue weighted by Crippen LogP contribution is -2.18. The van der Waals surface area contributed by atoms with E-state index in [-0.39, 0.29) is 0 Å². The first-order valence-corrected chi connectivity index (χ1v) is 32.4. The molecule has 7 aromatic rings. The quantitative estimate of drug-likeness (QED) is 0.141. The van der Waals surface area contributed by atoms with Crippen LogP contribution < -0.4 is 58.6 Å². The van der Waals surface area contributed by atoms with Crippen LogP contribution in [-0.4, -0.2) is 66.3 Å². The Morgan fingerprint density at radius 2 is 0.798 bits per heavy atom. The van der Waals surface area contributed by atoms with Gasteiger partial charge in [0, 0.05) is 30.9 Å². The van der Waals surface area contributed by atoms with E-state index < -0.39 is 0 Å². The van der Waals surface area contributed by atoms with Crippen LogP contribution in [0, 0.1) is 0 Å². The van der Waals surface area contributed by atoms with Gasteiger partial charge in [0.05, 0.1) is 18.0 Å². The van der Waals surface area contributed by atoms with Gasteiger partial charge in [0.2, 0.25) is 13.6 Å². The summed E-state index contributed by atoms with van der Waals surface area (Å²) >= 11 is 0. The van der Waals surface area contributed by atoms with Crippen LogP contribution in [0.15, 0.2) is 133 Å².